The van der Waals surface area contributed by atoms with Gasteiger partial charge < -0.3 is 14.9 Å². The van der Waals surface area contributed by atoms with Crippen LogP contribution in [0.1, 0.15) is 26.2 Å². The van der Waals surface area contributed by atoms with Gasteiger partial charge in [0.25, 0.3) is 0 Å². The van der Waals surface area contributed by atoms with Crippen LogP contribution in [0.4, 0.5) is 0 Å². The van der Waals surface area contributed by atoms with Crippen LogP contribution in [0.25, 0.3) is 0 Å². The van der Waals surface area contributed by atoms with Gasteiger partial charge in [0, 0.05) is 0 Å². The van der Waals surface area contributed by atoms with E-state index in [0.717, 1.165) is 19.3 Å². The van der Waals surface area contributed by atoms with Gasteiger partial charge in [-0.15, -0.1) is 0 Å². The van der Waals surface area contributed by atoms with Crippen molar-refractivity contribution in [2.75, 3.05) is 6.61 Å². The van der Waals surface area contributed by atoms with Crippen LogP contribution in [-0.4, -0.2) is 35.1 Å². The van der Waals surface area contributed by atoms with E-state index in [1.165, 1.54) is 0 Å². The molecule has 1 fully saturated rings. The Hall–Kier alpha value is -0.120. The highest BCUT2D eigenvalue weighted by atomic mass is 16.5. The highest BCUT2D eigenvalue weighted by molar-refractivity contribution is 4.72. The molecule has 0 aliphatic carbocycles. The number of rotatable bonds is 1. The van der Waals surface area contributed by atoms with Crippen molar-refractivity contribution in [3.8, 4) is 0 Å². The second-order valence-corrected chi connectivity index (χ2v) is 3.14. The third kappa shape index (κ3) is 2.43. The molecule has 0 aromatic heterocycles. The lowest BCUT2D eigenvalue weighted by Crippen LogP contribution is -2.28. The predicted octanol–water partition coefficient (Wildman–Crippen LogP) is 0.297. The molecule has 11 heavy (non-hydrogen) atoms. The molecule has 1 saturated heterocycles. The largest absolute Gasteiger partial charge is 0.394 e. The van der Waals surface area contributed by atoms with Gasteiger partial charge in [0.1, 0.15) is 0 Å². The van der Waals surface area contributed by atoms with Crippen LogP contribution < -0.4 is 0 Å². The van der Waals surface area contributed by atoms with Crippen LogP contribution in [0.3, 0.4) is 0 Å². The summed E-state index contributed by atoms with van der Waals surface area (Å²) in [5, 5.41) is 18.2. The fourth-order valence-electron chi connectivity index (χ4n) is 1.39. The molecule has 3 nitrogen and oxygen atoms in total. The molecule has 66 valence electrons. The van der Waals surface area contributed by atoms with Crippen molar-refractivity contribution in [3.05, 3.63) is 0 Å². The molecule has 0 amide bonds. The molecule has 1 aliphatic heterocycles. The second kappa shape index (κ2) is 4.04. The van der Waals surface area contributed by atoms with Crippen LogP contribution in [-0.2, 0) is 4.74 Å². The Morgan fingerprint density at radius 1 is 1.45 bits per heavy atom. The number of hydrogen-bond donors (Lipinski definition) is 2. The molecule has 3 heteroatoms. The fourth-order valence-corrected chi connectivity index (χ4v) is 1.39. The van der Waals surface area contributed by atoms with Crippen molar-refractivity contribution < 1.29 is 14.9 Å². The van der Waals surface area contributed by atoms with Gasteiger partial charge in [-0.3, -0.25) is 0 Å². The zero-order valence-corrected chi connectivity index (χ0v) is 6.86. The van der Waals surface area contributed by atoms with E-state index in [-0.39, 0.29) is 24.9 Å². The van der Waals surface area contributed by atoms with Gasteiger partial charge >= 0.3 is 0 Å². The molecule has 0 saturated carbocycles. The zero-order chi connectivity index (χ0) is 8.27. The lowest BCUT2D eigenvalue weighted by atomic mass is 10.1. The molecule has 2 N–H and O–H groups in total. The summed E-state index contributed by atoms with van der Waals surface area (Å²) in [4.78, 5) is 0. The van der Waals surface area contributed by atoms with Crippen LogP contribution in [0, 0.1) is 0 Å². The summed E-state index contributed by atoms with van der Waals surface area (Å²) in [5.74, 6) is 0. The molecule has 0 aromatic rings. The molecule has 0 spiro atoms. The quantitative estimate of drug-likeness (QED) is 0.580. The molecular weight excluding hydrogens is 144 g/mol. The van der Waals surface area contributed by atoms with Crippen molar-refractivity contribution >= 4 is 0 Å². The second-order valence-electron chi connectivity index (χ2n) is 3.14. The summed E-state index contributed by atoms with van der Waals surface area (Å²) in [5.41, 5.74) is 0. The lowest BCUT2D eigenvalue weighted by molar-refractivity contribution is -0.0705. The molecule has 1 heterocycles. The third-order valence-electron chi connectivity index (χ3n) is 2.18. The zero-order valence-electron chi connectivity index (χ0n) is 6.86. The highest BCUT2D eigenvalue weighted by Gasteiger charge is 2.23. The van der Waals surface area contributed by atoms with E-state index in [0.29, 0.717) is 0 Å². The normalized spacial score (nSPS) is 40.1. The molecule has 0 unspecified atom stereocenters. The predicted molar refractivity (Wildman–Crippen MR) is 41.3 cm³/mol. The minimum Gasteiger partial charge on any atom is -0.394 e. The monoisotopic (exact) mass is 160 g/mol. The number of aliphatic hydroxyl groups excluding tert-OH is 2. The minimum atomic E-state index is -0.355. The smallest absolute Gasteiger partial charge is 0.0810 e. The van der Waals surface area contributed by atoms with E-state index in [4.69, 9.17) is 9.84 Å². The number of ether oxygens (including phenoxy) is 1. The highest BCUT2D eigenvalue weighted by Crippen LogP contribution is 2.18. The summed E-state index contributed by atoms with van der Waals surface area (Å²) in [6, 6.07) is 0. The first kappa shape index (κ1) is 8.97. The summed E-state index contributed by atoms with van der Waals surface area (Å²) < 4.78 is 5.37. The SMILES string of the molecule is C[C@@H]1O[C@H](CO)CCC[C@H]1O. The molecular formula is C8H16O3. The van der Waals surface area contributed by atoms with E-state index in [1.807, 2.05) is 6.92 Å². The Bertz CT molecular complexity index is 116. The van der Waals surface area contributed by atoms with E-state index in [2.05, 4.69) is 0 Å². The Morgan fingerprint density at radius 3 is 2.82 bits per heavy atom. The van der Waals surface area contributed by atoms with Crippen molar-refractivity contribution in [2.45, 2.75) is 44.5 Å². The molecule has 0 aromatic carbocycles. The van der Waals surface area contributed by atoms with E-state index in [1.54, 1.807) is 0 Å². The van der Waals surface area contributed by atoms with Crippen LogP contribution in [0.15, 0.2) is 0 Å². The number of hydrogen-bond acceptors (Lipinski definition) is 3. The summed E-state index contributed by atoms with van der Waals surface area (Å²) in [6.45, 7) is 1.91. The Labute approximate surface area is 67.0 Å². The first-order valence-corrected chi connectivity index (χ1v) is 4.18. The molecule has 3 atom stereocenters. The van der Waals surface area contributed by atoms with Gasteiger partial charge in [-0.25, -0.2) is 0 Å². The van der Waals surface area contributed by atoms with E-state index >= 15 is 0 Å². The fraction of sp³-hybridized carbons (Fsp3) is 1.00. The van der Waals surface area contributed by atoms with Crippen molar-refractivity contribution in [1.82, 2.24) is 0 Å². The summed E-state index contributed by atoms with van der Waals surface area (Å²) in [6.07, 6.45) is 2.04. The van der Waals surface area contributed by atoms with Crippen LogP contribution in [0.2, 0.25) is 0 Å². The maximum absolute atomic E-state index is 9.36. The molecule has 0 radical (unpaired) electrons. The van der Waals surface area contributed by atoms with Crippen molar-refractivity contribution in [3.63, 3.8) is 0 Å². The van der Waals surface area contributed by atoms with Crippen LogP contribution >= 0.6 is 0 Å². The lowest BCUT2D eigenvalue weighted by Gasteiger charge is -2.19. The first-order valence-electron chi connectivity index (χ1n) is 4.18. The number of aliphatic hydroxyl groups is 2. The van der Waals surface area contributed by atoms with Gasteiger partial charge in [0.05, 0.1) is 24.9 Å². The van der Waals surface area contributed by atoms with Gasteiger partial charge in [0.15, 0.2) is 0 Å². The Balaban J connectivity index is 2.41. The maximum atomic E-state index is 9.36. The van der Waals surface area contributed by atoms with Gasteiger partial charge in [-0.05, 0) is 26.2 Å². The molecule has 1 aliphatic rings. The Kier molecular flexibility index (Phi) is 3.30. The van der Waals surface area contributed by atoms with Crippen molar-refractivity contribution in [2.24, 2.45) is 0 Å². The van der Waals surface area contributed by atoms with Gasteiger partial charge in [-0.2, -0.15) is 0 Å². The molecule has 0 bridgehead atoms. The van der Waals surface area contributed by atoms with Crippen LogP contribution in [0.5, 0.6) is 0 Å². The van der Waals surface area contributed by atoms with Gasteiger partial charge in [-0.1, -0.05) is 0 Å². The molecule has 1 rings (SSSR count). The topological polar surface area (TPSA) is 49.7 Å². The average Bonchev–Trinajstić information content (AvgIpc) is 2.15. The standard InChI is InChI=1S/C8H16O3/c1-6-8(10)4-2-3-7(5-9)11-6/h6-10H,2-5H2,1H3/t6-,7-,8+/m0/s1. The van der Waals surface area contributed by atoms with E-state index < -0.39 is 0 Å². The summed E-state index contributed by atoms with van der Waals surface area (Å²) >= 11 is 0. The summed E-state index contributed by atoms with van der Waals surface area (Å²) in [7, 11) is 0. The first-order chi connectivity index (χ1) is 5.24. The van der Waals surface area contributed by atoms with E-state index in [9.17, 15) is 5.11 Å². The van der Waals surface area contributed by atoms with Gasteiger partial charge in [0.2, 0.25) is 0 Å². The minimum absolute atomic E-state index is 0.0665. The van der Waals surface area contributed by atoms with Crippen molar-refractivity contribution in [1.29, 1.82) is 0 Å². The Morgan fingerprint density at radius 2 is 2.18 bits per heavy atom. The third-order valence-corrected chi connectivity index (χ3v) is 2.18. The maximum Gasteiger partial charge on any atom is 0.0810 e. The average molecular weight is 160 g/mol.